The van der Waals surface area contributed by atoms with Crippen molar-refractivity contribution in [1.82, 2.24) is 0 Å². The van der Waals surface area contributed by atoms with Crippen LogP contribution in [0.5, 0.6) is 0 Å². The minimum absolute atomic E-state index is 0.0356. The number of anilines is 2. The first-order valence-corrected chi connectivity index (χ1v) is 9.26. The molecule has 1 amide bonds. The molecule has 5 nitrogen and oxygen atoms in total. The zero-order chi connectivity index (χ0) is 18.8. The zero-order valence-electron chi connectivity index (χ0n) is 14.0. The summed E-state index contributed by atoms with van der Waals surface area (Å²) in [6, 6.07) is 8.52. The Hall–Kier alpha value is -2.48. The monoisotopic (exact) mass is 368 g/mol. The van der Waals surface area contributed by atoms with Gasteiger partial charge in [-0.3, -0.25) is 9.10 Å². The van der Waals surface area contributed by atoms with Crippen LogP contribution in [-0.2, 0) is 14.8 Å². The molecule has 2 rings (SSSR count). The molecule has 0 aliphatic rings. The minimum atomic E-state index is -3.75. The van der Waals surface area contributed by atoms with Crippen LogP contribution in [0.4, 0.5) is 20.2 Å². The van der Waals surface area contributed by atoms with E-state index in [0.29, 0.717) is 5.69 Å². The van der Waals surface area contributed by atoms with Gasteiger partial charge in [-0.25, -0.2) is 17.2 Å². The van der Waals surface area contributed by atoms with Crippen molar-refractivity contribution in [1.29, 1.82) is 0 Å². The Bertz CT molecular complexity index is 901. The lowest BCUT2D eigenvalue weighted by Crippen LogP contribution is -2.45. The van der Waals surface area contributed by atoms with Crippen LogP contribution in [0.1, 0.15) is 12.5 Å². The van der Waals surface area contributed by atoms with E-state index in [2.05, 4.69) is 5.32 Å². The molecular weight excluding hydrogens is 350 g/mol. The molecule has 1 N–H and O–H groups in total. The molecule has 0 saturated heterocycles. The summed E-state index contributed by atoms with van der Waals surface area (Å²) in [4.78, 5) is 12.4. The molecule has 25 heavy (non-hydrogen) atoms. The van der Waals surface area contributed by atoms with Crippen LogP contribution in [0.2, 0.25) is 0 Å². The Kier molecular flexibility index (Phi) is 5.42. The summed E-state index contributed by atoms with van der Waals surface area (Å²) < 4.78 is 51.6. The molecule has 2 aromatic rings. The van der Waals surface area contributed by atoms with Gasteiger partial charge in [-0.15, -0.1) is 0 Å². The average molecular weight is 368 g/mol. The van der Waals surface area contributed by atoms with Gasteiger partial charge in [0, 0.05) is 11.8 Å². The van der Waals surface area contributed by atoms with Gasteiger partial charge in [0.25, 0.3) is 0 Å². The third kappa shape index (κ3) is 4.54. The van der Waals surface area contributed by atoms with E-state index in [1.54, 1.807) is 31.2 Å². The van der Waals surface area contributed by atoms with E-state index in [1.165, 1.54) is 13.0 Å². The Balaban J connectivity index is 2.31. The van der Waals surface area contributed by atoms with Crippen molar-refractivity contribution < 1.29 is 22.0 Å². The van der Waals surface area contributed by atoms with Crippen LogP contribution < -0.4 is 9.62 Å². The Morgan fingerprint density at radius 1 is 1.12 bits per heavy atom. The molecule has 2 aromatic carbocycles. The van der Waals surface area contributed by atoms with Gasteiger partial charge in [0.15, 0.2) is 11.6 Å². The van der Waals surface area contributed by atoms with Crippen LogP contribution in [0.25, 0.3) is 0 Å². The number of nitrogens with one attached hydrogen (secondary N) is 1. The predicted molar refractivity (Wildman–Crippen MR) is 93.0 cm³/mol. The third-order valence-corrected chi connectivity index (χ3v) is 4.77. The second kappa shape index (κ2) is 7.18. The molecule has 8 heteroatoms. The minimum Gasteiger partial charge on any atom is -0.324 e. The number of sulfonamides is 1. The molecule has 0 radical (unpaired) electrons. The molecule has 134 valence electrons. The molecule has 0 unspecified atom stereocenters. The van der Waals surface area contributed by atoms with Crippen LogP contribution in [0.3, 0.4) is 0 Å². The number of amides is 1. The highest BCUT2D eigenvalue weighted by molar-refractivity contribution is 7.92. The van der Waals surface area contributed by atoms with Crippen molar-refractivity contribution in [2.24, 2.45) is 0 Å². The molecule has 0 aromatic heterocycles. The quantitative estimate of drug-likeness (QED) is 0.882. The van der Waals surface area contributed by atoms with Gasteiger partial charge < -0.3 is 5.32 Å². The Morgan fingerprint density at radius 2 is 1.80 bits per heavy atom. The number of halogens is 2. The van der Waals surface area contributed by atoms with Crippen LogP contribution >= 0.6 is 0 Å². The molecule has 0 aliphatic carbocycles. The molecule has 0 fully saturated rings. The van der Waals surface area contributed by atoms with Gasteiger partial charge >= 0.3 is 0 Å². The van der Waals surface area contributed by atoms with E-state index in [1.807, 2.05) is 0 Å². The molecule has 0 heterocycles. The summed E-state index contributed by atoms with van der Waals surface area (Å²) in [6.45, 7) is 3.22. The topological polar surface area (TPSA) is 66.5 Å². The van der Waals surface area contributed by atoms with Crippen LogP contribution in [0, 0.1) is 18.6 Å². The SMILES string of the molecule is Cc1cccc(N([C@H](C)C(=O)Nc2ccc(F)c(F)c2)S(C)(=O)=O)c1. The second-order valence-electron chi connectivity index (χ2n) is 5.69. The van der Waals surface area contributed by atoms with E-state index >= 15 is 0 Å². The van der Waals surface area contributed by atoms with E-state index in [9.17, 15) is 22.0 Å². The Morgan fingerprint density at radius 3 is 2.36 bits per heavy atom. The number of carbonyl (C=O) groups excluding carboxylic acids is 1. The summed E-state index contributed by atoms with van der Waals surface area (Å²) in [5.41, 5.74) is 1.21. The number of aryl methyl sites for hydroxylation is 1. The van der Waals surface area contributed by atoms with Gasteiger partial charge in [0.1, 0.15) is 6.04 Å². The van der Waals surface area contributed by atoms with Crippen molar-refractivity contribution >= 4 is 27.3 Å². The highest BCUT2D eigenvalue weighted by atomic mass is 32.2. The maximum atomic E-state index is 13.3. The van der Waals surface area contributed by atoms with Crippen LogP contribution in [-0.4, -0.2) is 26.6 Å². The molecule has 0 spiro atoms. The first-order chi connectivity index (χ1) is 11.6. The summed E-state index contributed by atoms with van der Waals surface area (Å²) in [5, 5.41) is 2.39. The summed E-state index contributed by atoms with van der Waals surface area (Å²) in [5.74, 6) is -2.81. The number of rotatable bonds is 5. The lowest BCUT2D eigenvalue weighted by atomic mass is 10.2. The van der Waals surface area contributed by atoms with E-state index < -0.39 is 33.6 Å². The third-order valence-electron chi connectivity index (χ3n) is 3.53. The van der Waals surface area contributed by atoms with Gasteiger partial charge in [-0.05, 0) is 43.7 Å². The van der Waals surface area contributed by atoms with Crippen molar-refractivity contribution in [3.8, 4) is 0 Å². The van der Waals surface area contributed by atoms with Crippen LogP contribution in [0.15, 0.2) is 42.5 Å². The highest BCUT2D eigenvalue weighted by Crippen LogP contribution is 2.23. The lowest BCUT2D eigenvalue weighted by molar-refractivity contribution is -0.116. The predicted octanol–water partition coefficient (Wildman–Crippen LogP) is 3.07. The van der Waals surface area contributed by atoms with E-state index in [-0.39, 0.29) is 5.69 Å². The maximum Gasteiger partial charge on any atom is 0.247 e. The van der Waals surface area contributed by atoms with Crippen molar-refractivity contribution in [2.75, 3.05) is 15.9 Å². The fourth-order valence-corrected chi connectivity index (χ4v) is 3.56. The normalized spacial score (nSPS) is 12.5. The molecule has 0 aliphatic heterocycles. The molecular formula is C17H18F2N2O3S. The Labute approximate surface area is 145 Å². The zero-order valence-corrected chi connectivity index (χ0v) is 14.8. The second-order valence-corrected chi connectivity index (χ2v) is 7.55. The summed E-state index contributed by atoms with van der Waals surface area (Å²) in [6.07, 6.45) is 0.997. The fraction of sp³-hybridized carbons (Fsp3) is 0.235. The molecule has 1 atom stereocenters. The average Bonchev–Trinajstić information content (AvgIpc) is 2.49. The summed E-state index contributed by atoms with van der Waals surface area (Å²) in [7, 11) is -3.75. The maximum absolute atomic E-state index is 13.3. The van der Waals surface area contributed by atoms with Gasteiger partial charge in [0.2, 0.25) is 15.9 Å². The summed E-state index contributed by atoms with van der Waals surface area (Å²) >= 11 is 0. The fourth-order valence-electron chi connectivity index (χ4n) is 2.39. The first kappa shape index (κ1) is 18.9. The van der Waals surface area contributed by atoms with E-state index in [4.69, 9.17) is 0 Å². The standard InChI is InChI=1S/C17H18F2N2O3S/c1-11-5-4-6-14(9-11)21(25(3,23)24)12(2)17(22)20-13-7-8-15(18)16(19)10-13/h4-10,12H,1-3H3,(H,20,22)/t12-/m1/s1. The molecule has 0 saturated carbocycles. The molecule has 0 bridgehead atoms. The number of carbonyl (C=O) groups is 1. The van der Waals surface area contributed by atoms with Gasteiger partial charge in [-0.1, -0.05) is 12.1 Å². The number of hydrogen-bond acceptors (Lipinski definition) is 3. The smallest absolute Gasteiger partial charge is 0.247 e. The lowest BCUT2D eigenvalue weighted by Gasteiger charge is -2.28. The van der Waals surface area contributed by atoms with Gasteiger partial charge in [0.05, 0.1) is 11.9 Å². The highest BCUT2D eigenvalue weighted by Gasteiger charge is 2.29. The van der Waals surface area contributed by atoms with Crippen molar-refractivity contribution in [2.45, 2.75) is 19.9 Å². The first-order valence-electron chi connectivity index (χ1n) is 7.41. The van der Waals surface area contributed by atoms with E-state index in [0.717, 1.165) is 28.3 Å². The van der Waals surface area contributed by atoms with Crippen molar-refractivity contribution in [3.63, 3.8) is 0 Å². The largest absolute Gasteiger partial charge is 0.324 e. The van der Waals surface area contributed by atoms with Crippen molar-refractivity contribution in [3.05, 3.63) is 59.7 Å². The number of benzene rings is 2. The number of hydrogen-bond donors (Lipinski definition) is 1. The van der Waals surface area contributed by atoms with Gasteiger partial charge in [-0.2, -0.15) is 0 Å². The number of nitrogens with zero attached hydrogens (tertiary/aromatic N) is 1.